The number of rotatable bonds is 3. The zero-order valence-electron chi connectivity index (χ0n) is 9.49. The van der Waals surface area contributed by atoms with Crippen molar-refractivity contribution in [3.8, 4) is 0 Å². The molecule has 2 aromatic rings. The average Bonchev–Trinajstić information content (AvgIpc) is 2.67. The lowest BCUT2D eigenvalue weighted by molar-refractivity contribution is 1.06. The highest BCUT2D eigenvalue weighted by Gasteiger charge is 2.04. The average molecular weight is 263 g/mol. The maximum atomic E-state index is 5.13. The molecule has 2 N–H and O–H groups in total. The van der Waals surface area contributed by atoms with E-state index in [1.165, 1.54) is 10.3 Å². The highest BCUT2D eigenvalue weighted by atomic mass is 32.1. The first-order valence-electron chi connectivity index (χ1n) is 5.22. The van der Waals surface area contributed by atoms with Crippen LogP contribution in [-0.4, -0.2) is 16.6 Å². The van der Waals surface area contributed by atoms with Crippen molar-refractivity contribution in [1.82, 2.24) is 10.3 Å². The van der Waals surface area contributed by atoms with E-state index in [0.717, 1.165) is 10.6 Å². The molecule has 1 heterocycles. The fourth-order valence-electron chi connectivity index (χ4n) is 1.39. The van der Waals surface area contributed by atoms with Crippen molar-refractivity contribution in [3.63, 3.8) is 0 Å². The third-order valence-electron chi connectivity index (χ3n) is 2.17. The molecule has 0 fully saturated rings. The van der Waals surface area contributed by atoms with Crippen LogP contribution in [-0.2, 0) is 0 Å². The van der Waals surface area contributed by atoms with Gasteiger partial charge in [-0.1, -0.05) is 23.5 Å². The molecule has 1 aromatic carbocycles. The quantitative estimate of drug-likeness (QED) is 0.659. The van der Waals surface area contributed by atoms with Gasteiger partial charge in [-0.2, -0.15) is 0 Å². The molecule has 0 aliphatic heterocycles. The molecule has 0 aliphatic carbocycles. The fourth-order valence-corrected chi connectivity index (χ4v) is 2.60. The van der Waals surface area contributed by atoms with E-state index in [0.29, 0.717) is 11.7 Å². The van der Waals surface area contributed by atoms with Crippen LogP contribution >= 0.6 is 23.6 Å². The van der Waals surface area contributed by atoms with E-state index < -0.39 is 0 Å². The van der Waals surface area contributed by atoms with Crippen LogP contribution in [0.3, 0.4) is 0 Å². The first-order valence-corrected chi connectivity index (χ1v) is 6.44. The number of hydrogen-bond donors (Lipinski definition) is 2. The summed E-state index contributed by atoms with van der Waals surface area (Å²) in [5.74, 6) is 0. The van der Waals surface area contributed by atoms with E-state index in [-0.39, 0.29) is 0 Å². The van der Waals surface area contributed by atoms with E-state index in [1.54, 1.807) is 17.4 Å². The second-order valence-electron chi connectivity index (χ2n) is 3.61. The molecule has 1 aromatic heterocycles. The summed E-state index contributed by atoms with van der Waals surface area (Å²) in [6.07, 6.45) is 1.76. The molecule has 17 heavy (non-hydrogen) atoms. The minimum Gasteiger partial charge on any atom is -0.359 e. The third kappa shape index (κ3) is 3.01. The number of benzene rings is 1. The molecule has 5 heteroatoms. The Labute approximate surface area is 110 Å². The summed E-state index contributed by atoms with van der Waals surface area (Å²) in [7, 11) is 0. The zero-order valence-corrected chi connectivity index (χ0v) is 11.1. The monoisotopic (exact) mass is 263 g/mol. The molecule has 0 unspecified atom stereocenters. The number of nitrogens with zero attached hydrogens (tertiary/aromatic N) is 1. The Morgan fingerprint density at radius 2 is 2.41 bits per heavy atom. The highest BCUT2D eigenvalue weighted by Crippen LogP contribution is 2.26. The summed E-state index contributed by atoms with van der Waals surface area (Å²) >= 11 is 6.73. The van der Waals surface area contributed by atoms with Crippen molar-refractivity contribution in [1.29, 1.82) is 0 Å². The van der Waals surface area contributed by atoms with Gasteiger partial charge in [0.15, 0.2) is 10.2 Å². The van der Waals surface area contributed by atoms with Crippen LogP contribution in [0.1, 0.15) is 5.56 Å². The molecule has 0 saturated carbocycles. The first-order chi connectivity index (χ1) is 8.19. The minimum absolute atomic E-state index is 0.570. The fraction of sp³-hybridized carbons (Fsp3) is 0.167. The van der Waals surface area contributed by atoms with E-state index >= 15 is 0 Å². The van der Waals surface area contributed by atoms with Gasteiger partial charge >= 0.3 is 0 Å². The SMILES string of the molecule is C=CCNC(=S)Nc1nc2ccc(C)cc2s1. The molecule has 0 aliphatic rings. The molecule has 3 nitrogen and oxygen atoms in total. The van der Waals surface area contributed by atoms with Crippen molar-refractivity contribution in [3.05, 3.63) is 36.4 Å². The number of nitrogens with one attached hydrogen (secondary N) is 2. The van der Waals surface area contributed by atoms with Crippen LogP contribution in [0.4, 0.5) is 5.13 Å². The van der Waals surface area contributed by atoms with Gasteiger partial charge in [-0.05, 0) is 36.8 Å². The third-order valence-corrected chi connectivity index (χ3v) is 3.35. The molecule has 88 valence electrons. The summed E-state index contributed by atoms with van der Waals surface area (Å²) in [6, 6.07) is 6.20. The van der Waals surface area contributed by atoms with Gasteiger partial charge in [0.05, 0.1) is 10.2 Å². The summed E-state index contributed by atoms with van der Waals surface area (Å²) < 4.78 is 1.17. The Morgan fingerprint density at radius 1 is 1.59 bits per heavy atom. The lowest BCUT2D eigenvalue weighted by Gasteiger charge is -2.04. The summed E-state index contributed by atoms with van der Waals surface area (Å²) in [5.41, 5.74) is 2.23. The summed E-state index contributed by atoms with van der Waals surface area (Å²) in [4.78, 5) is 4.46. The Morgan fingerprint density at radius 3 is 3.18 bits per heavy atom. The van der Waals surface area contributed by atoms with E-state index in [9.17, 15) is 0 Å². The second kappa shape index (κ2) is 5.25. The standard InChI is InChI=1S/C12H13N3S2/c1-3-6-13-11(16)15-12-14-9-5-4-8(2)7-10(9)17-12/h3-5,7H,1,6H2,2H3,(H2,13,14,15,16). The number of thiazole rings is 1. The number of thiocarbonyl (C=S) groups is 1. The number of anilines is 1. The first kappa shape index (κ1) is 12.0. The van der Waals surface area contributed by atoms with Crippen LogP contribution in [0, 0.1) is 6.92 Å². The van der Waals surface area contributed by atoms with E-state index in [1.807, 2.05) is 6.07 Å². The number of aryl methyl sites for hydroxylation is 1. The molecule has 0 spiro atoms. The zero-order chi connectivity index (χ0) is 12.3. The van der Waals surface area contributed by atoms with Crippen molar-refractivity contribution in [2.24, 2.45) is 0 Å². The molecule has 0 saturated heterocycles. The number of aromatic nitrogens is 1. The van der Waals surface area contributed by atoms with Gasteiger partial charge in [0.25, 0.3) is 0 Å². The molecule has 0 bridgehead atoms. The summed E-state index contributed by atoms with van der Waals surface area (Å²) in [6.45, 7) is 6.34. The maximum absolute atomic E-state index is 5.13. The summed E-state index contributed by atoms with van der Waals surface area (Å²) in [5, 5.41) is 7.45. The van der Waals surface area contributed by atoms with Gasteiger partial charge in [0, 0.05) is 6.54 Å². The molecular weight excluding hydrogens is 250 g/mol. The Hall–Kier alpha value is -1.46. The molecule has 2 rings (SSSR count). The normalized spacial score (nSPS) is 10.2. The van der Waals surface area contributed by atoms with Crippen molar-refractivity contribution in [2.45, 2.75) is 6.92 Å². The van der Waals surface area contributed by atoms with Gasteiger partial charge in [-0.3, -0.25) is 0 Å². The van der Waals surface area contributed by atoms with Gasteiger partial charge in [-0.25, -0.2) is 4.98 Å². The Bertz CT molecular complexity index is 560. The van der Waals surface area contributed by atoms with Gasteiger partial charge in [0.2, 0.25) is 0 Å². The number of fused-ring (bicyclic) bond motifs is 1. The number of hydrogen-bond acceptors (Lipinski definition) is 3. The van der Waals surface area contributed by atoms with Crippen LogP contribution in [0.25, 0.3) is 10.2 Å². The van der Waals surface area contributed by atoms with Crippen molar-refractivity contribution < 1.29 is 0 Å². The van der Waals surface area contributed by atoms with Crippen molar-refractivity contribution in [2.75, 3.05) is 11.9 Å². The van der Waals surface area contributed by atoms with Gasteiger partial charge in [-0.15, -0.1) is 6.58 Å². The Balaban J connectivity index is 2.14. The smallest absolute Gasteiger partial charge is 0.190 e. The predicted molar refractivity (Wildman–Crippen MR) is 78.8 cm³/mol. The van der Waals surface area contributed by atoms with Crippen LogP contribution in [0.2, 0.25) is 0 Å². The van der Waals surface area contributed by atoms with E-state index in [4.69, 9.17) is 12.2 Å². The topological polar surface area (TPSA) is 37.0 Å². The second-order valence-corrected chi connectivity index (χ2v) is 5.05. The van der Waals surface area contributed by atoms with Gasteiger partial charge < -0.3 is 10.6 Å². The molecular formula is C12H13N3S2. The molecule has 0 atom stereocenters. The molecule has 0 radical (unpaired) electrons. The van der Waals surface area contributed by atoms with Crippen LogP contribution in [0.15, 0.2) is 30.9 Å². The van der Waals surface area contributed by atoms with Crippen molar-refractivity contribution >= 4 is 44.0 Å². The largest absolute Gasteiger partial charge is 0.359 e. The van der Waals surface area contributed by atoms with E-state index in [2.05, 4.69) is 41.3 Å². The molecule has 0 amide bonds. The van der Waals surface area contributed by atoms with Crippen LogP contribution < -0.4 is 10.6 Å². The minimum atomic E-state index is 0.570. The Kier molecular flexibility index (Phi) is 3.71. The maximum Gasteiger partial charge on any atom is 0.190 e. The van der Waals surface area contributed by atoms with Crippen LogP contribution in [0.5, 0.6) is 0 Å². The predicted octanol–water partition coefficient (Wildman–Crippen LogP) is 3.08. The highest BCUT2D eigenvalue weighted by molar-refractivity contribution is 7.80. The lowest BCUT2D eigenvalue weighted by Crippen LogP contribution is -2.28. The lowest BCUT2D eigenvalue weighted by atomic mass is 10.2. The van der Waals surface area contributed by atoms with Gasteiger partial charge in [0.1, 0.15) is 0 Å².